The Morgan fingerprint density at radius 2 is 2.47 bits per heavy atom. The van der Waals surface area contributed by atoms with Gasteiger partial charge < -0.3 is 14.6 Å². The van der Waals surface area contributed by atoms with E-state index in [2.05, 4.69) is 15.9 Å². The topological polar surface area (TPSA) is 59.1 Å². The summed E-state index contributed by atoms with van der Waals surface area (Å²) < 4.78 is 11.0. The maximum Gasteiger partial charge on any atom is 0.191 e. The van der Waals surface area contributed by atoms with Crippen LogP contribution >= 0.6 is 15.9 Å². The van der Waals surface area contributed by atoms with Crippen molar-refractivity contribution in [3.8, 4) is 0 Å². The van der Waals surface area contributed by atoms with Gasteiger partial charge in [-0.3, -0.25) is 4.79 Å². The van der Waals surface area contributed by atoms with Crippen LogP contribution in [0.4, 0.5) is 0 Å². The maximum absolute atomic E-state index is 11.5. The van der Waals surface area contributed by atoms with Crippen molar-refractivity contribution in [1.82, 2.24) is 0 Å². The first-order valence-corrected chi connectivity index (χ1v) is 5.34. The minimum absolute atomic E-state index is 0.170. The lowest BCUT2D eigenvalue weighted by molar-refractivity contribution is -0.116. The Labute approximate surface area is 95.7 Å². The van der Waals surface area contributed by atoms with Gasteiger partial charge in [-0.1, -0.05) is 22.0 Å². The standard InChI is InChI=1S/C10H11BrO4/c1-3-7(11)10-8(13)6(14-2)4-5(12)9(10)15-10/h3-4,8-9,13H,1-2H3. The van der Waals surface area contributed by atoms with E-state index in [0.29, 0.717) is 4.48 Å². The van der Waals surface area contributed by atoms with Crippen LogP contribution in [0.15, 0.2) is 22.4 Å². The predicted molar refractivity (Wildman–Crippen MR) is 56.4 cm³/mol. The number of aliphatic hydroxyl groups is 1. The first-order chi connectivity index (χ1) is 7.07. The fourth-order valence-electron chi connectivity index (χ4n) is 1.85. The zero-order valence-corrected chi connectivity index (χ0v) is 9.95. The van der Waals surface area contributed by atoms with Crippen molar-refractivity contribution in [2.75, 3.05) is 7.11 Å². The van der Waals surface area contributed by atoms with E-state index in [1.807, 2.05) is 0 Å². The number of carbonyl (C=O) groups excluding carboxylic acids is 1. The number of rotatable bonds is 2. The first-order valence-electron chi connectivity index (χ1n) is 4.55. The second kappa shape index (κ2) is 3.43. The van der Waals surface area contributed by atoms with Crippen molar-refractivity contribution in [2.45, 2.75) is 24.7 Å². The molecule has 0 aromatic heterocycles. The Bertz CT molecular complexity index is 374. The number of aliphatic hydroxyl groups excluding tert-OH is 1. The summed E-state index contributed by atoms with van der Waals surface area (Å²) in [5.74, 6) is 0.0727. The summed E-state index contributed by atoms with van der Waals surface area (Å²) in [6.07, 6.45) is 1.53. The molecule has 2 rings (SSSR count). The van der Waals surface area contributed by atoms with Crippen molar-refractivity contribution in [1.29, 1.82) is 0 Å². The van der Waals surface area contributed by atoms with Gasteiger partial charge in [0.15, 0.2) is 17.5 Å². The predicted octanol–water partition coefficient (Wildman–Crippen LogP) is 0.897. The molecule has 0 bridgehead atoms. The molecule has 3 atom stereocenters. The molecule has 1 saturated heterocycles. The van der Waals surface area contributed by atoms with Gasteiger partial charge in [0.2, 0.25) is 0 Å². The van der Waals surface area contributed by atoms with Crippen molar-refractivity contribution in [3.63, 3.8) is 0 Å². The summed E-state index contributed by atoms with van der Waals surface area (Å²) in [6, 6.07) is 0. The third kappa shape index (κ3) is 1.30. The Kier molecular flexibility index (Phi) is 2.48. The molecule has 4 nitrogen and oxygen atoms in total. The van der Waals surface area contributed by atoms with Gasteiger partial charge in [-0.05, 0) is 6.92 Å². The first kappa shape index (κ1) is 10.9. The molecule has 0 spiro atoms. The summed E-state index contributed by atoms with van der Waals surface area (Å²) in [4.78, 5) is 11.5. The molecule has 1 N–H and O–H groups in total. The summed E-state index contributed by atoms with van der Waals surface area (Å²) in [5, 5.41) is 10.0. The molecule has 0 amide bonds. The lowest BCUT2D eigenvalue weighted by Crippen LogP contribution is -2.40. The Balaban J connectivity index is 2.41. The zero-order chi connectivity index (χ0) is 11.2. The van der Waals surface area contributed by atoms with Crippen LogP contribution in [-0.4, -0.2) is 35.8 Å². The van der Waals surface area contributed by atoms with Crippen molar-refractivity contribution in [3.05, 3.63) is 22.4 Å². The number of ether oxygens (including phenoxy) is 2. The van der Waals surface area contributed by atoms with Gasteiger partial charge in [-0.15, -0.1) is 0 Å². The number of epoxide rings is 1. The Morgan fingerprint density at radius 1 is 1.80 bits per heavy atom. The molecule has 1 aliphatic carbocycles. The molecule has 2 aliphatic rings. The van der Waals surface area contributed by atoms with Gasteiger partial charge in [-0.25, -0.2) is 0 Å². The minimum atomic E-state index is -0.952. The number of halogens is 1. The highest BCUT2D eigenvalue weighted by atomic mass is 79.9. The second-order valence-corrected chi connectivity index (χ2v) is 4.34. The normalized spacial score (nSPS) is 39.6. The maximum atomic E-state index is 11.5. The number of carbonyl (C=O) groups is 1. The van der Waals surface area contributed by atoms with Crippen LogP contribution < -0.4 is 0 Å². The highest BCUT2D eigenvalue weighted by Gasteiger charge is 2.69. The van der Waals surface area contributed by atoms with Gasteiger partial charge >= 0.3 is 0 Å². The van der Waals surface area contributed by atoms with Crippen molar-refractivity contribution < 1.29 is 19.4 Å². The zero-order valence-electron chi connectivity index (χ0n) is 8.36. The average Bonchev–Trinajstić information content (AvgIpc) is 2.99. The highest BCUT2D eigenvalue weighted by molar-refractivity contribution is 9.11. The molecule has 5 heteroatoms. The third-order valence-electron chi connectivity index (χ3n) is 2.73. The van der Waals surface area contributed by atoms with Crippen molar-refractivity contribution in [2.24, 2.45) is 0 Å². The molecule has 1 heterocycles. The molecular weight excluding hydrogens is 264 g/mol. The summed E-state index contributed by atoms with van der Waals surface area (Å²) in [6.45, 7) is 1.81. The van der Waals surface area contributed by atoms with Gasteiger partial charge in [0.05, 0.1) is 7.11 Å². The van der Waals surface area contributed by atoms with Gasteiger partial charge in [0, 0.05) is 10.6 Å². The number of allylic oxidation sites excluding steroid dienone is 1. The molecule has 82 valence electrons. The molecule has 0 aromatic rings. The quantitative estimate of drug-likeness (QED) is 0.760. The third-order valence-corrected chi connectivity index (χ3v) is 3.80. The molecular formula is C10H11BrO4. The smallest absolute Gasteiger partial charge is 0.191 e. The molecule has 0 radical (unpaired) electrons. The summed E-state index contributed by atoms with van der Waals surface area (Å²) in [7, 11) is 1.42. The van der Waals surface area contributed by atoms with Crippen molar-refractivity contribution >= 4 is 21.7 Å². The molecule has 0 aromatic carbocycles. The van der Waals surface area contributed by atoms with Crippen LogP contribution in [0.1, 0.15) is 6.92 Å². The second-order valence-electron chi connectivity index (χ2n) is 3.48. The highest BCUT2D eigenvalue weighted by Crippen LogP contribution is 2.52. The molecule has 1 aliphatic heterocycles. The van der Waals surface area contributed by atoms with E-state index in [0.717, 1.165) is 0 Å². The Hall–Kier alpha value is -0.650. The number of methoxy groups -OCH3 is 1. The molecule has 15 heavy (non-hydrogen) atoms. The minimum Gasteiger partial charge on any atom is -0.498 e. The van der Waals surface area contributed by atoms with Crippen LogP contribution in [0.25, 0.3) is 0 Å². The van der Waals surface area contributed by atoms with Crippen LogP contribution in [0.5, 0.6) is 0 Å². The van der Waals surface area contributed by atoms with E-state index in [-0.39, 0.29) is 11.5 Å². The summed E-state index contributed by atoms with van der Waals surface area (Å²) >= 11 is 3.30. The monoisotopic (exact) mass is 274 g/mol. The van der Waals surface area contributed by atoms with Gasteiger partial charge in [-0.2, -0.15) is 0 Å². The van der Waals surface area contributed by atoms with E-state index in [4.69, 9.17) is 9.47 Å². The van der Waals surface area contributed by atoms with E-state index >= 15 is 0 Å². The molecule has 1 fully saturated rings. The lowest BCUT2D eigenvalue weighted by atomic mass is 9.89. The molecule has 0 saturated carbocycles. The SMILES string of the molecule is CC=C(Br)C12OC1C(=O)C=C(OC)C2O. The van der Waals surface area contributed by atoms with E-state index in [1.54, 1.807) is 13.0 Å². The van der Waals surface area contributed by atoms with E-state index < -0.39 is 17.8 Å². The average molecular weight is 275 g/mol. The number of ketones is 1. The van der Waals surface area contributed by atoms with Crippen LogP contribution in [0.2, 0.25) is 0 Å². The number of hydrogen-bond acceptors (Lipinski definition) is 4. The van der Waals surface area contributed by atoms with E-state index in [1.165, 1.54) is 13.2 Å². The fourth-order valence-corrected chi connectivity index (χ4v) is 2.37. The van der Waals surface area contributed by atoms with Gasteiger partial charge in [0.25, 0.3) is 0 Å². The number of fused-ring (bicyclic) bond motifs is 1. The largest absolute Gasteiger partial charge is 0.498 e. The summed E-state index contributed by atoms with van der Waals surface area (Å²) in [5.41, 5.74) is -0.952. The fraction of sp³-hybridized carbons (Fsp3) is 0.500. The van der Waals surface area contributed by atoms with E-state index in [9.17, 15) is 9.90 Å². The van der Waals surface area contributed by atoms with Crippen LogP contribution in [0, 0.1) is 0 Å². The van der Waals surface area contributed by atoms with Crippen LogP contribution in [0.3, 0.4) is 0 Å². The van der Waals surface area contributed by atoms with Gasteiger partial charge in [0.1, 0.15) is 11.9 Å². The Morgan fingerprint density at radius 3 is 3.00 bits per heavy atom. The lowest BCUT2D eigenvalue weighted by Gasteiger charge is -2.23. The van der Waals surface area contributed by atoms with Crippen LogP contribution in [-0.2, 0) is 14.3 Å². The number of hydrogen-bond donors (Lipinski definition) is 1. The molecule has 3 unspecified atom stereocenters.